The number of hydrogen-bond acceptors (Lipinski definition) is 3. The highest BCUT2D eigenvalue weighted by Gasteiger charge is 2.28. The van der Waals surface area contributed by atoms with Gasteiger partial charge in [0.2, 0.25) is 10.0 Å². The normalized spacial score (nSPS) is 19.7. The van der Waals surface area contributed by atoms with Crippen LogP contribution in [0.3, 0.4) is 0 Å². The molecule has 1 aromatic carbocycles. The molecule has 112 valence electrons. The molecule has 0 aliphatic carbocycles. The van der Waals surface area contributed by atoms with Crippen LogP contribution in [0.2, 0.25) is 0 Å². The van der Waals surface area contributed by atoms with Crippen molar-refractivity contribution < 1.29 is 8.42 Å². The Kier molecular flexibility index (Phi) is 5.23. The minimum absolute atomic E-state index is 0.272. The quantitative estimate of drug-likeness (QED) is 0.877. The number of benzene rings is 1. The zero-order chi connectivity index (χ0) is 14.8. The van der Waals surface area contributed by atoms with Crippen LogP contribution < -0.4 is 5.32 Å². The summed E-state index contributed by atoms with van der Waals surface area (Å²) in [6.45, 7) is 5.84. The molecule has 1 heterocycles. The van der Waals surface area contributed by atoms with Crippen LogP contribution in [-0.4, -0.2) is 38.4 Å². The van der Waals surface area contributed by atoms with Gasteiger partial charge in [0, 0.05) is 23.6 Å². The van der Waals surface area contributed by atoms with Gasteiger partial charge in [0.15, 0.2) is 0 Å². The highest BCUT2D eigenvalue weighted by molar-refractivity contribution is 9.10. The lowest BCUT2D eigenvalue weighted by atomic mass is 10.2. The van der Waals surface area contributed by atoms with E-state index in [1.807, 2.05) is 26.0 Å². The zero-order valence-electron chi connectivity index (χ0n) is 11.9. The summed E-state index contributed by atoms with van der Waals surface area (Å²) in [6, 6.07) is 5.63. The van der Waals surface area contributed by atoms with Crippen molar-refractivity contribution in [2.75, 3.05) is 19.6 Å². The second-order valence-corrected chi connectivity index (χ2v) is 7.94. The standard InChI is InChI=1S/C14H21BrN2O2S/c1-3-17(10-12-5-4-8-16-12)20(18,19)14-7-6-11(2)9-13(14)15/h6-7,9,12,16H,3-5,8,10H2,1-2H3. The van der Waals surface area contributed by atoms with E-state index in [1.54, 1.807) is 10.4 Å². The van der Waals surface area contributed by atoms with Gasteiger partial charge in [-0.1, -0.05) is 13.0 Å². The number of sulfonamides is 1. The molecule has 1 unspecified atom stereocenters. The Hall–Kier alpha value is -0.430. The third kappa shape index (κ3) is 3.42. The van der Waals surface area contributed by atoms with Crippen molar-refractivity contribution in [3.05, 3.63) is 28.2 Å². The summed E-state index contributed by atoms with van der Waals surface area (Å²) >= 11 is 3.37. The minimum atomic E-state index is -3.44. The van der Waals surface area contributed by atoms with Crippen LogP contribution in [0, 0.1) is 6.92 Å². The van der Waals surface area contributed by atoms with Crippen LogP contribution in [-0.2, 0) is 10.0 Å². The molecule has 2 rings (SSSR count). The molecule has 1 saturated heterocycles. The van der Waals surface area contributed by atoms with Crippen molar-refractivity contribution >= 4 is 26.0 Å². The minimum Gasteiger partial charge on any atom is -0.313 e. The first kappa shape index (κ1) is 15.9. The van der Waals surface area contributed by atoms with Crippen LogP contribution >= 0.6 is 15.9 Å². The molecule has 1 atom stereocenters. The smallest absolute Gasteiger partial charge is 0.244 e. The zero-order valence-corrected chi connectivity index (χ0v) is 14.3. The number of likely N-dealkylation sites (N-methyl/N-ethyl adjacent to an activating group) is 1. The summed E-state index contributed by atoms with van der Waals surface area (Å²) in [4.78, 5) is 0.350. The molecule has 1 aromatic rings. The molecule has 1 N–H and O–H groups in total. The van der Waals surface area contributed by atoms with E-state index < -0.39 is 10.0 Å². The second-order valence-electron chi connectivity index (χ2n) is 5.18. The lowest BCUT2D eigenvalue weighted by Gasteiger charge is -2.24. The number of halogens is 1. The molecule has 4 nitrogen and oxygen atoms in total. The molecule has 0 aromatic heterocycles. The molecular weight excluding hydrogens is 340 g/mol. The molecule has 0 radical (unpaired) electrons. The van der Waals surface area contributed by atoms with Crippen molar-refractivity contribution in [2.45, 2.75) is 37.6 Å². The van der Waals surface area contributed by atoms with Crippen molar-refractivity contribution in [3.63, 3.8) is 0 Å². The van der Waals surface area contributed by atoms with Crippen molar-refractivity contribution in [2.24, 2.45) is 0 Å². The first-order valence-electron chi connectivity index (χ1n) is 6.95. The Balaban J connectivity index is 2.26. The monoisotopic (exact) mass is 360 g/mol. The van der Waals surface area contributed by atoms with Crippen LogP contribution in [0.5, 0.6) is 0 Å². The molecule has 1 aliphatic rings. The van der Waals surface area contributed by atoms with Gasteiger partial charge in [-0.05, 0) is 59.9 Å². The summed E-state index contributed by atoms with van der Waals surface area (Å²) in [7, 11) is -3.44. The van der Waals surface area contributed by atoms with Crippen LogP contribution in [0.1, 0.15) is 25.3 Å². The van der Waals surface area contributed by atoms with E-state index >= 15 is 0 Å². The van der Waals surface area contributed by atoms with Crippen LogP contribution in [0.25, 0.3) is 0 Å². The molecule has 0 spiro atoms. The third-order valence-corrected chi connectivity index (χ3v) is 6.56. The Morgan fingerprint density at radius 1 is 1.45 bits per heavy atom. The topological polar surface area (TPSA) is 49.4 Å². The number of hydrogen-bond donors (Lipinski definition) is 1. The third-order valence-electron chi connectivity index (χ3n) is 3.64. The number of nitrogens with one attached hydrogen (secondary N) is 1. The van der Waals surface area contributed by atoms with E-state index in [9.17, 15) is 8.42 Å². The van der Waals surface area contributed by atoms with Gasteiger partial charge in [-0.2, -0.15) is 4.31 Å². The predicted octanol–water partition coefficient (Wildman–Crippen LogP) is 2.52. The van der Waals surface area contributed by atoms with E-state index in [0.717, 1.165) is 24.9 Å². The van der Waals surface area contributed by atoms with E-state index in [1.165, 1.54) is 0 Å². The van der Waals surface area contributed by atoms with Crippen molar-refractivity contribution in [1.29, 1.82) is 0 Å². The Bertz CT molecular complexity index is 569. The van der Waals surface area contributed by atoms with Gasteiger partial charge >= 0.3 is 0 Å². The first-order chi connectivity index (χ1) is 9.45. The number of rotatable bonds is 5. The van der Waals surface area contributed by atoms with Gasteiger partial charge in [-0.3, -0.25) is 0 Å². The van der Waals surface area contributed by atoms with Gasteiger partial charge in [0.1, 0.15) is 0 Å². The summed E-state index contributed by atoms with van der Waals surface area (Å²) in [5.41, 5.74) is 1.04. The first-order valence-corrected chi connectivity index (χ1v) is 9.18. The van der Waals surface area contributed by atoms with Gasteiger partial charge < -0.3 is 5.32 Å². The second kappa shape index (κ2) is 6.56. The Labute approximate surface area is 129 Å². The van der Waals surface area contributed by atoms with Gasteiger partial charge in [0.05, 0.1) is 4.90 Å². The fourth-order valence-electron chi connectivity index (χ4n) is 2.51. The molecule has 0 amide bonds. The summed E-state index contributed by atoms with van der Waals surface area (Å²) in [6.07, 6.45) is 2.16. The molecule has 6 heteroatoms. The summed E-state index contributed by atoms with van der Waals surface area (Å²) in [5.74, 6) is 0. The fraction of sp³-hybridized carbons (Fsp3) is 0.571. The molecule has 1 aliphatic heterocycles. The average molecular weight is 361 g/mol. The van der Waals surface area contributed by atoms with E-state index in [0.29, 0.717) is 22.5 Å². The summed E-state index contributed by atoms with van der Waals surface area (Å²) in [5, 5.41) is 3.35. The average Bonchev–Trinajstić information content (AvgIpc) is 2.88. The van der Waals surface area contributed by atoms with E-state index in [4.69, 9.17) is 0 Å². The van der Waals surface area contributed by atoms with Crippen LogP contribution in [0.4, 0.5) is 0 Å². The van der Waals surface area contributed by atoms with Gasteiger partial charge in [0.25, 0.3) is 0 Å². The molecular formula is C14H21BrN2O2S. The fourth-order valence-corrected chi connectivity index (χ4v) is 5.16. The van der Waals surface area contributed by atoms with Crippen LogP contribution in [0.15, 0.2) is 27.6 Å². The predicted molar refractivity (Wildman–Crippen MR) is 84.3 cm³/mol. The molecule has 1 fully saturated rings. The molecule has 20 heavy (non-hydrogen) atoms. The highest BCUT2D eigenvalue weighted by Crippen LogP contribution is 2.26. The number of nitrogens with zero attached hydrogens (tertiary/aromatic N) is 1. The van der Waals surface area contributed by atoms with Crippen molar-refractivity contribution in [1.82, 2.24) is 9.62 Å². The largest absolute Gasteiger partial charge is 0.313 e. The lowest BCUT2D eigenvalue weighted by Crippen LogP contribution is -2.41. The Morgan fingerprint density at radius 3 is 2.75 bits per heavy atom. The maximum absolute atomic E-state index is 12.8. The lowest BCUT2D eigenvalue weighted by molar-refractivity contribution is 0.382. The van der Waals surface area contributed by atoms with Gasteiger partial charge in [-0.25, -0.2) is 8.42 Å². The highest BCUT2D eigenvalue weighted by atomic mass is 79.9. The summed E-state index contributed by atoms with van der Waals surface area (Å²) < 4.78 is 27.7. The molecule has 0 saturated carbocycles. The van der Waals surface area contributed by atoms with E-state index in [2.05, 4.69) is 21.2 Å². The molecule has 0 bridgehead atoms. The van der Waals surface area contributed by atoms with E-state index in [-0.39, 0.29) is 6.04 Å². The maximum Gasteiger partial charge on any atom is 0.244 e. The number of aryl methyl sites for hydroxylation is 1. The van der Waals surface area contributed by atoms with Crippen molar-refractivity contribution in [3.8, 4) is 0 Å². The maximum atomic E-state index is 12.8. The van der Waals surface area contributed by atoms with Gasteiger partial charge in [-0.15, -0.1) is 0 Å². The Morgan fingerprint density at radius 2 is 2.20 bits per heavy atom. The SMILES string of the molecule is CCN(CC1CCCN1)S(=O)(=O)c1ccc(C)cc1Br.